The van der Waals surface area contributed by atoms with E-state index in [1.807, 2.05) is 5.32 Å². The summed E-state index contributed by atoms with van der Waals surface area (Å²) in [5, 5.41) is 4.43. The second kappa shape index (κ2) is 5.60. The molecule has 2 amide bonds. The van der Waals surface area contributed by atoms with Gasteiger partial charge in [0.1, 0.15) is 6.54 Å². The van der Waals surface area contributed by atoms with Crippen molar-refractivity contribution in [1.29, 1.82) is 0 Å². The van der Waals surface area contributed by atoms with Gasteiger partial charge in [0, 0.05) is 6.04 Å². The van der Waals surface area contributed by atoms with Crippen LogP contribution in [0.5, 0.6) is 0 Å². The number of halogens is 3. The molecular formula is C11H19F3N2O. The summed E-state index contributed by atoms with van der Waals surface area (Å²) in [4.78, 5) is 11.2. The number of hydrogen-bond donors (Lipinski definition) is 2. The van der Waals surface area contributed by atoms with Crippen LogP contribution in [0.2, 0.25) is 0 Å². The van der Waals surface area contributed by atoms with E-state index in [1.54, 1.807) is 0 Å². The summed E-state index contributed by atoms with van der Waals surface area (Å²) < 4.78 is 35.6. The quantitative estimate of drug-likeness (QED) is 0.779. The van der Waals surface area contributed by atoms with Gasteiger partial charge >= 0.3 is 12.2 Å². The van der Waals surface area contributed by atoms with Gasteiger partial charge < -0.3 is 10.6 Å². The van der Waals surface area contributed by atoms with Crippen LogP contribution in [0.15, 0.2) is 0 Å². The predicted molar refractivity (Wildman–Crippen MR) is 58.6 cm³/mol. The van der Waals surface area contributed by atoms with Crippen molar-refractivity contribution in [2.45, 2.75) is 45.3 Å². The maximum atomic E-state index is 11.9. The lowest BCUT2D eigenvalue weighted by Crippen LogP contribution is -2.47. The predicted octanol–water partition coefficient (Wildman–Crippen LogP) is 2.67. The lowest BCUT2D eigenvalue weighted by molar-refractivity contribution is -0.122. The fourth-order valence-electron chi connectivity index (χ4n) is 2.48. The molecule has 1 fully saturated rings. The van der Waals surface area contributed by atoms with Crippen molar-refractivity contribution in [2.75, 3.05) is 6.54 Å². The minimum atomic E-state index is -4.36. The first-order valence-corrected chi connectivity index (χ1v) is 5.87. The van der Waals surface area contributed by atoms with Gasteiger partial charge in [-0.3, -0.25) is 0 Å². The summed E-state index contributed by atoms with van der Waals surface area (Å²) in [7, 11) is 0. The third-order valence-corrected chi connectivity index (χ3v) is 2.96. The van der Waals surface area contributed by atoms with E-state index in [4.69, 9.17) is 0 Å². The molecule has 17 heavy (non-hydrogen) atoms. The highest BCUT2D eigenvalue weighted by molar-refractivity contribution is 5.74. The summed E-state index contributed by atoms with van der Waals surface area (Å²) in [5.41, 5.74) is 0. The minimum absolute atomic E-state index is 0.0121. The van der Waals surface area contributed by atoms with Crippen LogP contribution >= 0.6 is 0 Å². The van der Waals surface area contributed by atoms with Gasteiger partial charge in [-0.25, -0.2) is 4.79 Å². The van der Waals surface area contributed by atoms with Crippen LogP contribution in [0.3, 0.4) is 0 Å². The Hall–Kier alpha value is -0.940. The number of hydrogen-bond acceptors (Lipinski definition) is 1. The van der Waals surface area contributed by atoms with Crippen LogP contribution in [-0.4, -0.2) is 24.8 Å². The standard InChI is InChI=1S/C11H19F3N2O/c1-7-3-8(2)5-9(4-7)16-10(17)15-6-11(12,13)14/h7-9H,3-6H2,1-2H3,(H2,15,16,17). The zero-order chi connectivity index (χ0) is 13.1. The van der Waals surface area contributed by atoms with Crippen LogP contribution in [0.4, 0.5) is 18.0 Å². The molecule has 1 rings (SSSR count). The third kappa shape index (κ3) is 5.79. The number of carbonyl (C=O) groups is 1. The molecule has 0 spiro atoms. The fraction of sp³-hybridized carbons (Fsp3) is 0.909. The molecule has 2 unspecified atom stereocenters. The Morgan fingerprint density at radius 1 is 1.18 bits per heavy atom. The van der Waals surface area contributed by atoms with Gasteiger partial charge in [-0.05, 0) is 31.1 Å². The van der Waals surface area contributed by atoms with Crippen molar-refractivity contribution in [3.05, 3.63) is 0 Å². The van der Waals surface area contributed by atoms with Crippen LogP contribution in [0.25, 0.3) is 0 Å². The molecule has 3 nitrogen and oxygen atoms in total. The van der Waals surface area contributed by atoms with E-state index >= 15 is 0 Å². The normalized spacial score (nSPS) is 29.8. The molecule has 0 aromatic rings. The Morgan fingerprint density at radius 2 is 1.71 bits per heavy atom. The maximum absolute atomic E-state index is 11.9. The van der Waals surface area contributed by atoms with Gasteiger partial charge in [0.2, 0.25) is 0 Å². The Bertz CT molecular complexity index is 258. The molecule has 100 valence electrons. The first-order valence-electron chi connectivity index (χ1n) is 5.87. The van der Waals surface area contributed by atoms with Crippen LogP contribution in [0.1, 0.15) is 33.1 Å². The summed E-state index contributed by atoms with van der Waals surface area (Å²) in [5.74, 6) is 1.01. The number of alkyl halides is 3. The Labute approximate surface area is 99.1 Å². The molecule has 0 radical (unpaired) electrons. The van der Waals surface area contributed by atoms with Crippen LogP contribution in [0, 0.1) is 11.8 Å². The topological polar surface area (TPSA) is 41.1 Å². The molecule has 1 saturated carbocycles. The lowest BCUT2D eigenvalue weighted by atomic mass is 9.80. The molecule has 1 aliphatic carbocycles. The van der Waals surface area contributed by atoms with E-state index in [-0.39, 0.29) is 6.04 Å². The van der Waals surface area contributed by atoms with E-state index in [0.29, 0.717) is 11.8 Å². The number of carbonyl (C=O) groups excluding carboxylic acids is 1. The van der Waals surface area contributed by atoms with Gasteiger partial charge in [0.15, 0.2) is 0 Å². The van der Waals surface area contributed by atoms with E-state index in [0.717, 1.165) is 19.3 Å². The summed E-state index contributed by atoms with van der Waals surface area (Å²) in [6, 6.07) is -0.740. The molecule has 0 aliphatic heterocycles. The highest BCUT2D eigenvalue weighted by atomic mass is 19.4. The van der Waals surface area contributed by atoms with Crippen molar-refractivity contribution in [1.82, 2.24) is 10.6 Å². The number of urea groups is 1. The molecular weight excluding hydrogens is 233 g/mol. The van der Waals surface area contributed by atoms with Crippen molar-refractivity contribution in [3.8, 4) is 0 Å². The van der Waals surface area contributed by atoms with Crippen LogP contribution in [-0.2, 0) is 0 Å². The highest BCUT2D eigenvalue weighted by Crippen LogP contribution is 2.28. The molecule has 0 saturated heterocycles. The van der Waals surface area contributed by atoms with Gasteiger partial charge in [0.25, 0.3) is 0 Å². The first kappa shape index (κ1) is 14.1. The molecule has 0 heterocycles. The SMILES string of the molecule is CC1CC(C)CC(NC(=O)NCC(F)(F)F)C1. The van der Waals surface area contributed by atoms with E-state index < -0.39 is 18.8 Å². The number of amides is 2. The Balaban J connectivity index is 2.30. The molecule has 0 bridgehead atoms. The molecule has 6 heteroatoms. The molecule has 0 aromatic heterocycles. The van der Waals surface area contributed by atoms with Crippen molar-refractivity contribution < 1.29 is 18.0 Å². The maximum Gasteiger partial charge on any atom is 0.405 e. The van der Waals surface area contributed by atoms with Gasteiger partial charge in [0.05, 0.1) is 0 Å². The smallest absolute Gasteiger partial charge is 0.335 e. The van der Waals surface area contributed by atoms with Crippen molar-refractivity contribution >= 4 is 6.03 Å². The van der Waals surface area contributed by atoms with Gasteiger partial charge in [-0.1, -0.05) is 13.8 Å². The van der Waals surface area contributed by atoms with Gasteiger partial charge in [-0.2, -0.15) is 13.2 Å². The fourth-order valence-corrected chi connectivity index (χ4v) is 2.48. The highest BCUT2D eigenvalue weighted by Gasteiger charge is 2.29. The molecule has 1 aliphatic rings. The summed E-state index contributed by atoms with van der Waals surface area (Å²) >= 11 is 0. The zero-order valence-electron chi connectivity index (χ0n) is 10.1. The van der Waals surface area contributed by atoms with Crippen LogP contribution < -0.4 is 10.6 Å². The van der Waals surface area contributed by atoms with Gasteiger partial charge in [-0.15, -0.1) is 0 Å². The number of nitrogens with one attached hydrogen (secondary N) is 2. The molecule has 2 atom stereocenters. The summed E-state index contributed by atoms with van der Waals surface area (Å²) in [6.45, 7) is 2.91. The first-order chi connectivity index (χ1) is 7.76. The largest absolute Gasteiger partial charge is 0.405 e. The Kier molecular flexibility index (Phi) is 4.65. The number of rotatable bonds is 2. The second-order valence-electron chi connectivity index (χ2n) is 5.06. The zero-order valence-corrected chi connectivity index (χ0v) is 10.1. The third-order valence-electron chi connectivity index (χ3n) is 2.96. The van der Waals surface area contributed by atoms with Crippen molar-refractivity contribution in [2.24, 2.45) is 11.8 Å². The van der Waals surface area contributed by atoms with E-state index in [9.17, 15) is 18.0 Å². The monoisotopic (exact) mass is 252 g/mol. The summed E-state index contributed by atoms with van der Waals surface area (Å²) in [6.07, 6.45) is -1.57. The average Bonchev–Trinajstić information content (AvgIpc) is 2.11. The Morgan fingerprint density at radius 3 is 2.18 bits per heavy atom. The second-order valence-corrected chi connectivity index (χ2v) is 5.06. The van der Waals surface area contributed by atoms with E-state index in [1.165, 1.54) is 0 Å². The molecule has 2 N–H and O–H groups in total. The van der Waals surface area contributed by atoms with E-state index in [2.05, 4.69) is 19.2 Å². The average molecular weight is 252 g/mol. The minimum Gasteiger partial charge on any atom is -0.335 e. The lowest BCUT2D eigenvalue weighted by Gasteiger charge is -2.31. The molecule has 0 aromatic carbocycles. The van der Waals surface area contributed by atoms with Crippen molar-refractivity contribution in [3.63, 3.8) is 0 Å².